The lowest BCUT2D eigenvalue weighted by Crippen LogP contribution is -2.66. The molecular formula is C93H101Cl3N14O12. The van der Waals surface area contributed by atoms with Crippen molar-refractivity contribution in [3.05, 3.63) is 205 Å². The molecule has 0 bridgehead atoms. The number of amides is 4. The van der Waals surface area contributed by atoms with Crippen LogP contribution >= 0.6 is 34.8 Å². The number of nitriles is 3. The van der Waals surface area contributed by atoms with Gasteiger partial charge in [0.05, 0.1) is 70.9 Å². The number of benzene rings is 4. The lowest BCUT2D eigenvalue weighted by molar-refractivity contribution is -0.196. The van der Waals surface area contributed by atoms with E-state index in [-0.39, 0.29) is 122 Å². The normalized spacial score (nSPS) is 18.7. The number of nitrogens with one attached hydrogen (secondary N) is 1. The molecule has 122 heavy (non-hydrogen) atoms. The molecule has 29 heteroatoms. The molecule has 4 amide bonds. The number of pyridine rings is 4. The molecule has 4 aliphatic heterocycles. The van der Waals surface area contributed by atoms with Crippen molar-refractivity contribution in [3.63, 3.8) is 0 Å². The highest BCUT2D eigenvalue weighted by Gasteiger charge is 2.65. The Bertz CT molecular complexity index is 5360. The van der Waals surface area contributed by atoms with Crippen molar-refractivity contribution in [2.75, 3.05) is 112 Å². The maximum absolute atomic E-state index is 13.5. The lowest BCUT2D eigenvalue weighted by Gasteiger charge is -2.63. The maximum Gasteiger partial charge on any atom is 0.334 e. The van der Waals surface area contributed by atoms with Gasteiger partial charge in [0.1, 0.15) is 82.1 Å². The maximum atomic E-state index is 13.5. The average molecular weight is 1710 g/mol. The summed E-state index contributed by atoms with van der Waals surface area (Å²) in [5.74, 6) is 3.39. The summed E-state index contributed by atoms with van der Waals surface area (Å²) in [6.45, 7) is 33.5. The number of anilines is 4. The summed E-state index contributed by atoms with van der Waals surface area (Å²) in [6, 6.07) is 39.6. The van der Waals surface area contributed by atoms with Crippen molar-refractivity contribution in [2.24, 2.45) is 33.5 Å². The Morgan fingerprint density at radius 3 is 1.37 bits per heavy atom. The van der Waals surface area contributed by atoms with Crippen LogP contribution in [0.15, 0.2) is 134 Å². The van der Waals surface area contributed by atoms with Gasteiger partial charge < -0.3 is 48.4 Å². The van der Waals surface area contributed by atoms with E-state index in [4.69, 9.17) is 85.3 Å². The largest absolute Gasteiger partial charge is 0.494 e. The standard InChI is InChI=1S/C46H48ClN7O6.C26H31ClN4O2.C20H18ClN3O4.CH4/c1-45(2)39(46(3,4)44(45)60-33-12-9-29(26-48)36(47)24-33)25-38(55)30-10-16-40(50-28-30)53-20-18-52(19-21-53)17-7-6-8-22-59-32-13-14-34-35(23-32)43(57)54(42(34)56)37-15-11-31(27-49)51-41(37)58-5;1-25(2)22(26(3,4)24(25)33-19-7-5-17(15-28)20(27)13-19)14-21(32)18-6-8-23(30-16-18)31-11-9-29-10-12-31;1-22-17-9-8-16(18(23-17)27-2)24-19(25)14-7-6-13(12-15(14)20(24)26)28-11-5-3-4-10-21;/h9-16,23-24,28,39,44H,6-8,17-22,25H2,1-5H3;5-8,13,16,22,24,29H,9-12,14H2,1-4H3;6-9,12H,3-5,10-11H2,2H3;1H4. The molecule has 4 aromatic heterocycles. The molecule has 6 aliphatic rings. The molecule has 4 aromatic carbocycles. The molecule has 636 valence electrons. The van der Waals surface area contributed by atoms with Crippen LogP contribution in [0.3, 0.4) is 0 Å². The zero-order valence-corrected chi connectivity index (χ0v) is 71.8. The first-order valence-electron chi connectivity index (χ1n) is 40.4. The molecule has 8 heterocycles. The molecule has 4 fully saturated rings. The van der Waals surface area contributed by atoms with Crippen molar-refractivity contribution in [3.8, 4) is 53.0 Å². The SMILES string of the molecule is C.CC1(C)C(CC(=O)c2ccc(N3CCNCC3)nc2)C(C)(C)C1Oc1ccc(C#N)c(Cl)c1.COc1nc(C#N)ccc1N1C(=O)c2ccc(OCCCCCN3CCN(c4ccc(C(=O)CC5C(C)(C)C(Oc6ccc(C#N)c(Cl)c6)C5(C)C)cn4)CC3)cc2C1=O.[C-]#[N+]c1ccc(N2C(=O)c3ccc(OCCCCCCl)cc3C2=O)c(OC)n1. The summed E-state index contributed by atoms with van der Waals surface area (Å²) in [5.41, 5.74) is 2.73. The van der Waals surface area contributed by atoms with E-state index in [0.29, 0.717) is 87.2 Å². The van der Waals surface area contributed by atoms with Gasteiger partial charge in [-0.25, -0.2) is 24.8 Å². The molecule has 0 unspecified atom stereocenters. The number of carbonyl (C=O) groups is 6. The second-order valence-electron chi connectivity index (χ2n) is 33.0. The first-order chi connectivity index (χ1) is 58.0. The van der Waals surface area contributed by atoms with Crippen LogP contribution in [0, 0.1) is 74.1 Å². The van der Waals surface area contributed by atoms with Gasteiger partial charge in [0.2, 0.25) is 5.88 Å². The topological polar surface area (TPSA) is 313 Å². The number of alkyl halides is 1. The highest BCUT2D eigenvalue weighted by molar-refractivity contribution is 6.36. The van der Waals surface area contributed by atoms with E-state index in [1.54, 1.807) is 85.2 Å². The minimum absolute atomic E-state index is 0. The van der Waals surface area contributed by atoms with E-state index in [0.717, 1.165) is 119 Å². The number of imide groups is 2. The summed E-state index contributed by atoms with van der Waals surface area (Å²) in [5, 5.41) is 31.5. The number of Topliss-reactive ketones (excluding diaryl/α,β-unsaturated/α-hetero) is 2. The van der Waals surface area contributed by atoms with Gasteiger partial charge in [-0.1, -0.05) is 97.6 Å². The van der Waals surface area contributed by atoms with E-state index in [9.17, 15) is 34.0 Å². The van der Waals surface area contributed by atoms with Crippen LogP contribution in [0.5, 0.6) is 34.8 Å². The summed E-state index contributed by atoms with van der Waals surface area (Å²) in [7, 11) is 2.74. The summed E-state index contributed by atoms with van der Waals surface area (Å²) >= 11 is 18.1. The Balaban J connectivity index is 0.000000197. The second-order valence-corrected chi connectivity index (χ2v) is 34.2. The fraction of sp³-hybridized carbons (Fsp3) is 0.419. The minimum atomic E-state index is -0.503. The molecule has 1 N–H and O–H groups in total. The zero-order chi connectivity index (χ0) is 86.7. The van der Waals surface area contributed by atoms with Crippen molar-refractivity contribution < 1.29 is 57.2 Å². The number of piperazine rings is 2. The molecule has 0 spiro atoms. The predicted molar refractivity (Wildman–Crippen MR) is 467 cm³/mol. The van der Waals surface area contributed by atoms with Crippen LogP contribution in [-0.4, -0.2) is 164 Å². The first-order valence-corrected chi connectivity index (χ1v) is 41.7. The van der Waals surface area contributed by atoms with Crippen molar-refractivity contribution in [1.29, 1.82) is 15.8 Å². The molecule has 2 saturated carbocycles. The van der Waals surface area contributed by atoms with Crippen molar-refractivity contribution >= 4 is 98.8 Å². The number of unbranched alkanes of at least 4 members (excludes halogenated alkanes) is 4. The predicted octanol–water partition coefficient (Wildman–Crippen LogP) is 17.3. The number of fused-ring (bicyclic) bond motifs is 2. The number of methoxy groups -OCH3 is 2. The van der Waals surface area contributed by atoms with Crippen LogP contribution in [0.4, 0.5) is 28.8 Å². The van der Waals surface area contributed by atoms with Crippen LogP contribution in [0.1, 0.15) is 193 Å². The van der Waals surface area contributed by atoms with E-state index in [1.165, 1.54) is 38.5 Å². The van der Waals surface area contributed by atoms with Crippen molar-refractivity contribution in [2.45, 2.75) is 126 Å². The first kappa shape index (κ1) is 91.0. The fourth-order valence-electron chi connectivity index (χ4n) is 17.8. The van der Waals surface area contributed by atoms with E-state index in [1.807, 2.05) is 30.3 Å². The van der Waals surface area contributed by atoms with Gasteiger partial charge in [-0.3, -0.25) is 33.7 Å². The van der Waals surface area contributed by atoms with Gasteiger partial charge in [0.15, 0.2) is 11.6 Å². The average Bonchev–Trinajstić information content (AvgIpc) is 1.11. The Kier molecular flexibility index (Phi) is 29.4. The zero-order valence-electron chi connectivity index (χ0n) is 69.5. The van der Waals surface area contributed by atoms with Crippen LogP contribution < -0.4 is 53.3 Å². The number of ketones is 2. The van der Waals surface area contributed by atoms with Gasteiger partial charge in [0.25, 0.3) is 29.4 Å². The monoisotopic (exact) mass is 1710 g/mol. The Morgan fingerprint density at radius 1 is 0.516 bits per heavy atom. The minimum Gasteiger partial charge on any atom is -0.494 e. The van der Waals surface area contributed by atoms with Gasteiger partial charge in [0, 0.05) is 128 Å². The molecule has 0 radical (unpaired) electrons. The van der Waals surface area contributed by atoms with Gasteiger partial charge in [-0.2, -0.15) is 15.8 Å². The third kappa shape index (κ3) is 19.6. The Hall–Kier alpha value is -11.8. The second kappa shape index (κ2) is 39.4. The molecular weight excluding hydrogens is 1610 g/mol. The van der Waals surface area contributed by atoms with Crippen LogP contribution in [-0.2, 0) is 0 Å². The van der Waals surface area contributed by atoms with Gasteiger partial charge in [-0.15, -0.1) is 11.6 Å². The smallest absolute Gasteiger partial charge is 0.334 e. The third-order valence-corrected chi connectivity index (χ3v) is 24.8. The molecule has 8 aromatic rings. The summed E-state index contributed by atoms with van der Waals surface area (Å²) in [6.07, 6.45) is 9.65. The van der Waals surface area contributed by atoms with Crippen LogP contribution in [0.25, 0.3) is 4.85 Å². The number of carbonyl (C=O) groups excluding carboxylic acids is 6. The van der Waals surface area contributed by atoms with E-state index in [2.05, 4.69) is 107 Å². The van der Waals surface area contributed by atoms with E-state index >= 15 is 0 Å². The number of halogens is 3. The highest BCUT2D eigenvalue weighted by Crippen LogP contribution is 2.63. The molecule has 14 rings (SSSR count). The number of hydrogen-bond acceptors (Lipinski definition) is 23. The Morgan fingerprint density at radius 2 is 0.951 bits per heavy atom. The Labute approximate surface area is 727 Å². The molecule has 2 aliphatic carbocycles. The summed E-state index contributed by atoms with van der Waals surface area (Å²) < 4.78 is 34.8. The van der Waals surface area contributed by atoms with E-state index < -0.39 is 23.6 Å². The lowest BCUT2D eigenvalue weighted by atomic mass is 9.44. The molecule has 26 nitrogen and oxygen atoms in total. The quantitative estimate of drug-likeness (QED) is 0.0150. The number of nitrogens with zero attached hydrogens (tertiary/aromatic N) is 13. The molecule has 0 atom stereocenters. The number of aromatic nitrogens is 4. The van der Waals surface area contributed by atoms with Crippen molar-refractivity contribution in [1.82, 2.24) is 30.2 Å². The van der Waals surface area contributed by atoms with Gasteiger partial charge >= 0.3 is 5.88 Å². The molecule has 2 saturated heterocycles. The summed E-state index contributed by atoms with van der Waals surface area (Å²) in [4.78, 5) is 108. The third-order valence-electron chi connectivity index (χ3n) is 23.9. The number of ether oxygens (including phenoxy) is 6. The highest BCUT2D eigenvalue weighted by atomic mass is 35.5. The number of hydrogen-bond donors (Lipinski definition) is 1. The van der Waals surface area contributed by atoms with Crippen LogP contribution in [0.2, 0.25) is 10.0 Å². The van der Waals surface area contributed by atoms with Gasteiger partial charge in [-0.05, 0) is 166 Å². The fourth-order valence-corrected chi connectivity index (χ4v) is 18.5. The number of rotatable bonds is 29.